The molecule has 2 aliphatic rings. The Morgan fingerprint density at radius 2 is 1.24 bits per heavy atom. The average molecular weight is 646 g/mol. The van der Waals surface area contributed by atoms with Crippen LogP contribution in [0.2, 0.25) is 0 Å². The van der Waals surface area contributed by atoms with Gasteiger partial charge in [0.15, 0.2) is 12.3 Å². The third-order valence-corrected chi connectivity index (χ3v) is 8.77. The molecule has 0 N–H and O–H groups in total. The van der Waals surface area contributed by atoms with Gasteiger partial charge in [-0.15, -0.1) is 0 Å². The maximum absolute atomic E-state index is 13.9. The zero-order valence-corrected chi connectivity index (χ0v) is 26.2. The fourth-order valence-electron chi connectivity index (χ4n) is 5.42. The van der Waals surface area contributed by atoms with Crippen LogP contribution in [0.1, 0.15) is 104 Å². The Morgan fingerprint density at radius 1 is 0.780 bits per heavy atom. The summed E-state index contributed by atoms with van der Waals surface area (Å²) in [5.74, 6) is 0.786. The second kappa shape index (κ2) is 17.9. The van der Waals surface area contributed by atoms with Crippen molar-refractivity contribution in [1.29, 1.82) is 0 Å². The lowest BCUT2D eigenvalue weighted by molar-refractivity contribution is -0.158. The van der Waals surface area contributed by atoms with Gasteiger partial charge in [0, 0.05) is 0 Å². The highest BCUT2D eigenvalue weighted by atomic mass is 79.9. The van der Waals surface area contributed by atoms with E-state index in [9.17, 15) is 18.4 Å². The second-order valence-corrected chi connectivity index (χ2v) is 12.4. The first-order chi connectivity index (χ1) is 19.8. The van der Waals surface area contributed by atoms with Crippen LogP contribution in [0.15, 0.2) is 22.7 Å². The largest absolute Gasteiger partial charge is 0.493 e. The maximum Gasteiger partial charge on any atom is 0.340 e. The van der Waals surface area contributed by atoms with Crippen LogP contribution >= 0.6 is 15.9 Å². The van der Waals surface area contributed by atoms with Crippen molar-refractivity contribution in [2.75, 3.05) is 13.2 Å². The van der Waals surface area contributed by atoms with Gasteiger partial charge in [0.1, 0.15) is 23.7 Å². The van der Waals surface area contributed by atoms with Gasteiger partial charge in [-0.2, -0.15) is 0 Å². The lowest BCUT2D eigenvalue weighted by Crippen LogP contribution is -2.30. The van der Waals surface area contributed by atoms with E-state index in [2.05, 4.69) is 15.9 Å². The summed E-state index contributed by atoms with van der Waals surface area (Å²) in [5, 5.41) is 0. The van der Waals surface area contributed by atoms with E-state index in [-0.39, 0.29) is 25.0 Å². The van der Waals surface area contributed by atoms with Gasteiger partial charge in [-0.3, -0.25) is 0 Å². The summed E-state index contributed by atoms with van der Waals surface area (Å²) in [4.78, 5) is 23.9. The van der Waals surface area contributed by atoms with Gasteiger partial charge in [-0.25, -0.2) is 18.4 Å². The molecular weight excluding hydrogens is 598 g/mol. The van der Waals surface area contributed by atoms with Crippen molar-refractivity contribution in [3.8, 4) is 11.5 Å². The van der Waals surface area contributed by atoms with Gasteiger partial charge < -0.3 is 18.9 Å². The summed E-state index contributed by atoms with van der Waals surface area (Å²) in [7, 11) is 0. The molecular formula is C32H47BrF2O6. The van der Waals surface area contributed by atoms with E-state index in [4.69, 9.17) is 18.9 Å². The standard InChI is InChI=1S/C32H47BrF2O6/c1-3-5-7-28(34)31(36)40-24-13-9-22(10-14-24)20-38-26-17-18-30(27(33)19-26)39-21-23-11-15-25(16-12-23)41-32(37)29(35)8-6-4-2/h17-19,22-25,28-29H,3-16,20-21H2,1-2H3/t22-,23-,24-,25-,28-,29-/m0/s1. The van der Waals surface area contributed by atoms with E-state index in [1.807, 2.05) is 32.0 Å². The van der Waals surface area contributed by atoms with Gasteiger partial charge in [0.05, 0.1) is 17.7 Å². The van der Waals surface area contributed by atoms with Crippen molar-refractivity contribution in [1.82, 2.24) is 0 Å². The summed E-state index contributed by atoms with van der Waals surface area (Å²) in [6.45, 7) is 5.09. The average Bonchev–Trinajstić information content (AvgIpc) is 2.98. The smallest absolute Gasteiger partial charge is 0.340 e. The minimum atomic E-state index is -1.52. The zero-order chi connectivity index (χ0) is 29.6. The van der Waals surface area contributed by atoms with E-state index in [0.29, 0.717) is 37.9 Å². The number of ether oxygens (including phenoxy) is 4. The summed E-state index contributed by atoms with van der Waals surface area (Å²) < 4.78 is 51.5. The van der Waals surface area contributed by atoms with Crippen molar-refractivity contribution in [2.24, 2.45) is 11.8 Å². The van der Waals surface area contributed by atoms with Crippen LogP contribution in [0.3, 0.4) is 0 Å². The number of halogens is 3. The highest BCUT2D eigenvalue weighted by Crippen LogP contribution is 2.33. The molecule has 0 amide bonds. The Balaban J connectivity index is 1.31. The first-order valence-electron chi connectivity index (χ1n) is 15.5. The molecule has 0 aromatic heterocycles. The molecule has 0 radical (unpaired) electrons. The summed E-state index contributed by atoms with van der Waals surface area (Å²) in [5.41, 5.74) is 0. The number of benzene rings is 1. The van der Waals surface area contributed by atoms with Gasteiger partial charge >= 0.3 is 11.9 Å². The molecule has 0 spiro atoms. The van der Waals surface area contributed by atoms with Gasteiger partial charge in [-0.05, 0) is 110 Å². The van der Waals surface area contributed by atoms with Crippen molar-refractivity contribution >= 4 is 27.9 Å². The van der Waals surface area contributed by atoms with E-state index in [0.717, 1.165) is 80.2 Å². The molecule has 2 fully saturated rings. The molecule has 232 valence electrons. The normalized spacial score (nSPS) is 24.2. The lowest BCUT2D eigenvalue weighted by atomic mass is 9.88. The molecule has 41 heavy (non-hydrogen) atoms. The number of esters is 2. The molecule has 1 aromatic rings. The Kier molecular flexibility index (Phi) is 14.7. The monoisotopic (exact) mass is 644 g/mol. The highest BCUT2D eigenvalue weighted by molar-refractivity contribution is 9.10. The summed E-state index contributed by atoms with van der Waals surface area (Å²) in [6.07, 6.45) is 6.55. The van der Waals surface area contributed by atoms with Gasteiger partial charge in [0.25, 0.3) is 0 Å². The van der Waals surface area contributed by atoms with Crippen molar-refractivity contribution < 1.29 is 37.3 Å². The molecule has 9 heteroatoms. The summed E-state index contributed by atoms with van der Waals surface area (Å²) in [6, 6.07) is 5.70. The molecule has 0 bridgehead atoms. The number of carbonyl (C=O) groups is 2. The Morgan fingerprint density at radius 3 is 1.68 bits per heavy atom. The predicted octanol–water partition coefficient (Wildman–Crippen LogP) is 8.47. The van der Waals surface area contributed by atoms with E-state index >= 15 is 0 Å². The van der Waals surface area contributed by atoms with Crippen LogP contribution in [-0.4, -0.2) is 49.7 Å². The lowest BCUT2D eigenvalue weighted by Gasteiger charge is -2.29. The predicted molar refractivity (Wildman–Crippen MR) is 158 cm³/mol. The van der Waals surface area contributed by atoms with Crippen LogP contribution in [0.4, 0.5) is 8.78 Å². The Bertz CT molecular complexity index is 931. The molecule has 2 atom stereocenters. The SMILES string of the molecule is CCCC[C@H](F)C(=O)O[C@H]1CC[C@H](COc2ccc(OC[C@H]3CC[C@H](OC(=O)[C@@H](F)CCCC)CC3)c(Br)c2)CC1. The molecule has 1 aromatic carbocycles. The van der Waals surface area contributed by atoms with Crippen LogP contribution in [0.5, 0.6) is 11.5 Å². The molecule has 0 unspecified atom stereocenters. The molecule has 0 saturated heterocycles. The molecule has 0 heterocycles. The fraction of sp³-hybridized carbons (Fsp3) is 0.750. The van der Waals surface area contributed by atoms with Crippen molar-refractivity contribution in [3.63, 3.8) is 0 Å². The number of unbranched alkanes of at least 4 members (excludes halogenated alkanes) is 2. The molecule has 6 nitrogen and oxygen atoms in total. The van der Waals surface area contributed by atoms with Crippen LogP contribution in [0, 0.1) is 11.8 Å². The van der Waals surface area contributed by atoms with Crippen LogP contribution in [-0.2, 0) is 19.1 Å². The third-order valence-electron chi connectivity index (χ3n) is 8.15. The van der Waals surface area contributed by atoms with Crippen molar-refractivity contribution in [2.45, 2.75) is 128 Å². The minimum Gasteiger partial charge on any atom is -0.493 e. The van der Waals surface area contributed by atoms with Crippen LogP contribution < -0.4 is 9.47 Å². The Hall–Kier alpha value is -1.90. The number of carbonyl (C=O) groups excluding carboxylic acids is 2. The molecule has 2 aliphatic carbocycles. The van der Waals surface area contributed by atoms with Crippen LogP contribution in [0.25, 0.3) is 0 Å². The topological polar surface area (TPSA) is 71.1 Å². The zero-order valence-electron chi connectivity index (χ0n) is 24.6. The Labute approximate surface area is 252 Å². The highest BCUT2D eigenvalue weighted by Gasteiger charge is 2.29. The van der Waals surface area contributed by atoms with E-state index < -0.39 is 24.3 Å². The first kappa shape index (κ1) is 33.6. The minimum absolute atomic E-state index is 0.202. The number of hydrogen-bond acceptors (Lipinski definition) is 6. The van der Waals surface area contributed by atoms with Crippen molar-refractivity contribution in [3.05, 3.63) is 22.7 Å². The summed E-state index contributed by atoms with van der Waals surface area (Å²) >= 11 is 3.59. The maximum atomic E-state index is 13.9. The molecule has 3 rings (SSSR count). The fourth-order valence-corrected chi connectivity index (χ4v) is 5.89. The van der Waals surface area contributed by atoms with Gasteiger partial charge in [0.2, 0.25) is 0 Å². The van der Waals surface area contributed by atoms with Gasteiger partial charge in [-0.1, -0.05) is 39.5 Å². The first-order valence-corrected chi connectivity index (χ1v) is 16.3. The number of hydrogen-bond donors (Lipinski definition) is 0. The molecule has 2 saturated carbocycles. The molecule has 0 aliphatic heterocycles. The van der Waals surface area contributed by atoms with E-state index in [1.165, 1.54) is 0 Å². The number of alkyl halides is 2. The second-order valence-electron chi connectivity index (χ2n) is 11.6. The quantitative estimate of drug-likeness (QED) is 0.168. The van der Waals surface area contributed by atoms with E-state index in [1.54, 1.807) is 0 Å². The third kappa shape index (κ3) is 11.7. The number of rotatable bonds is 16.